The lowest BCUT2D eigenvalue weighted by atomic mass is 10.1. The molecule has 0 saturated heterocycles. The summed E-state index contributed by atoms with van der Waals surface area (Å²) in [4.78, 5) is 4.14. The zero-order valence-corrected chi connectivity index (χ0v) is 8.46. The van der Waals surface area contributed by atoms with Gasteiger partial charge in [-0.15, -0.1) is 0 Å². The van der Waals surface area contributed by atoms with Gasteiger partial charge in [0.2, 0.25) is 0 Å². The number of pyridine rings is 1. The lowest BCUT2D eigenvalue weighted by Gasteiger charge is -1.98. The van der Waals surface area contributed by atoms with Crippen molar-refractivity contribution < 1.29 is 0 Å². The van der Waals surface area contributed by atoms with Crippen LogP contribution in [0.1, 0.15) is 5.56 Å². The monoisotopic (exact) mass is 199 g/mol. The van der Waals surface area contributed by atoms with Gasteiger partial charge in [0.05, 0.1) is 11.3 Å². The van der Waals surface area contributed by atoms with Crippen LogP contribution in [-0.4, -0.2) is 10.7 Å². The fourth-order valence-corrected chi connectivity index (χ4v) is 1.43. The van der Waals surface area contributed by atoms with E-state index in [1.165, 1.54) is 0 Å². The van der Waals surface area contributed by atoms with E-state index in [-0.39, 0.29) is 0 Å². The lowest BCUT2D eigenvalue weighted by Crippen LogP contribution is -1.82. The number of nitrogens with zero attached hydrogens (tertiary/aromatic N) is 1. The van der Waals surface area contributed by atoms with E-state index in [1.807, 2.05) is 24.4 Å². The molecule has 0 atom stereocenters. The number of aromatic nitrogens is 1. The number of thiol groups is 1. The van der Waals surface area contributed by atoms with Gasteiger partial charge in [0.15, 0.2) is 0 Å². The van der Waals surface area contributed by atoms with E-state index in [2.05, 4.69) is 35.5 Å². The first kappa shape index (κ1) is 9.11. The maximum Gasteiger partial charge on any atom is 0.0521 e. The van der Waals surface area contributed by atoms with Gasteiger partial charge in [-0.3, -0.25) is 4.98 Å². The molecule has 0 amide bonds. The summed E-state index contributed by atoms with van der Waals surface area (Å²) in [5.74, 6) is 6.55. The first-order chi connectivity index (χ1) is 6.92. The predicted molar refractivity (Wildman–Crippen MR) is 62.5 cm³/mol. The third kappa shape index (κ3) is 1.73. The Bertz CT molecular complexity index is 503. The van der Waals surface area contributed by atoms with E-state index in [1.54, 1.807) is 6.20 Å². The first-order valence-electron chi connectivity index (χ1n) is 4.34. The van der Waals surface area contributed by atoms with Gasteiger partial charge in [-0.25, -0.2) is 0 Å². The van der Waals surface area contributed by atoms with Crippen molar-refractivity contribution in [1.29, 1.82) is 0 Å². The van der Waals surface area contributed by atoms with E-state index < -0.39 is 0 Å². The fraction of sp³-hybridized carbons (Fsp3) is 0.0833. The van der Waals surface area contributed by atoms with E-state index >= 15 is 0 Å². The molecule has 0 radical (unpaired) electrons. The molecule has 2 rings (SSSR count). The molecule has 1 heterocycles. The largest absolute Gasteiger partial charge is 0.263 e. The van der Waals surface area contributed by atoms with Crippen LogP contribution in [0.5, 0.6) is 0 Å². The summed E-state index contributed by atoms with van der Waals surface area (Å²) in [6, 6.07) is 8.10. The molecular formula is C12H9NS. The second-order valence-corrected chi connectivity index (χ2v) is 3.18. The Morgan fingerprint density at radius 2 is 2.07 bits per heavy atom. The molecule has 1 nitrogen and oxygen atoms in total. The maximum atomic E-state index is 4.14. The van der Waals surface area contributed by atoms with Crippen molar-refractivity contribution in [3.8, 4) is 11.8 Å². The molecular weight excluding hydrogens is 190 g/mol. The normalized spacial score (nSPS) is 9.50. The summed E-state index contributed by atoms with van der Waals surface area (Å²) >= 11 is 4.05. The molecule has 1 aromatic heterocycles. The van der Waals surface area contributed by atoms with Gasteiger partial charge in [0, 0.05) is 23.2 Å². The maximum absolute atomic E-state index is 4.14. The standard InChI is InChI=1S/C12H9NS/c14-7-3-5-11-9-13-8-10-4-1-2-6-12(10)11/h1-2,4,6,8-9,14H,7H2. The molecule has 0 saturated carbocycles. The van der Waals surface area contributed by atoms with Gasteiger partial charge in [0.1, 0.15) is 0 Å². The second-order valence-electron chi connectivity index (χ2n) is 2.87. The van der Waals surface area contributed by atoms with Crippen molar-refractivity contribution in [3.63, 3.8) is 0 Å². The van der Waals surface area contributed by atoms with Gasteiger partial charge >= 0.3 is 0 Å². The average Bonchev–Trinajstić information content (AvgIpc) is 2.26. The van der Waals surface area contributed by atoms with Crippen LogP contribution in [0.2, 0.25) is 0 Å². The molecule has 0 aliphatic carbocycles. The van der Waals surface area contributed by atoms with Crippen molar-refractivity contribution in [2.75, 3.05) is 5.75 Å². The second kappa shape index (κ2) is 4.17. The van der Waals surface area contributed by atoms with E-state index in [0.29, 0.717) is 5.75 Å². The topological polar surface area (TPSA) is 12.9 Å². The summed E-state index contributed by atoms with van der Waals surface area (Å²) in [5.41, 5.74) is 0.970. The molecule has 2 aromatic rings. The Morgan fingerprint density at radius 3 is 2.93 bits per heavy atom. The number of benzene rings is 1. The van der Waals surface area contributed by atoms with Crippen molar-refractivity contribution in [1.82, 2.24) is 4.98 Å². The molecule has 1 aromatic carbocycles. The van der Waals surface area contributed by atoms with Gasteiger partial charge in [0.25, 0.3) is 0 Å². The van der Waals surface area contributed by atoms with Crippen molar-refractivity contribution >= 4 is 23.4 Å². The van der Waals surface area contributed by atoms with E-state index in [0.717, 1.165) is 16.3 Å². The minimum Gasteiger partial charge on any atom is -0.263 e. The van der Waals surface area contributed by atoms with E-state index in [9.17, 15) is 0 Å². The Kier molecular flexibility index (Phi) is 2.71. The molecule has 14 heavy (non-hydrogen) atoms. The minimum absolute atomic E-state index is 0.573. The Hall–Kier alpha value is -1.46. The fourth-order valence-electron chi connectivity index (χ4n) is 1.35. The summed E-state index contributed by atoms with van der Waals surface area (Å²) in [6.07, 6.45) is 3.64. The van der Waals surface area contributed by atoms with Gasteiger partial charge in [-0.2, -0.15) is 12.6 Å². The van der Waals surface area contributed by atoms with Crippen LogP contribution in [0, 0.1) is 11.8 Å². The Morgan fingerprint density at radius 1 is 1.21 bits per heavy atom. The molecule has 68 valence electrons. The zero-order chi connectivity index (χ0) is 9.80. The van der Waals surface area contributed by atoms with Crippen LogP contribution >= 0.6 is 12.6 Å². The van der Waals surface area contributed by atoms with Crippen molar-refractivity contribution in [2.24, 2.45) is 0 Å². The average molecular weight is 199 g/mol. The first-order valence-corrected chi connectivity index (χ1v) is 4.97. The Labute approximate surface area is 88.6 Å². The highest BCUT2D eigenvalue weighted by Gasteiger charge is 1.96. The van der Waals surface area contributed by atoms with Crippen LogP contribution in [0.3, 0.4) is 0 Å². The van der Waals surface area contributed by atoms with Gasteiger partial charge < -0.3 is 0 Å². The summed E-state index contributed by atoms with van der Waals surface area (Å²) in [7, 11) is 0. The number of rotatable bonds is 0. The van der Waals surface area contributed by atoms with Crippen molar-refractivity contribution in [2.45, 2.75) is 0 Å². The zero-order valence-electron chi connectivity index (χ0n) is 7.57. The highest BCUT2D eigenvalue weighted by molar-refractivity contribution is 7.80. The van der Waals surface area contributed by atoms with Crippen LogP contribution in [0.4, 0.5) is 0 Å². The molecule has 0 aliphatic rings. The molecule has 0 N–H and O–H groups in total. The van der Waals surface area contributed by atoms with E-state index in [4.69, 9.17) is 0 Å². The quantitative estimate of drug-likeness (QED) is 0.508. The smallest absolute Gasteiger partial charge is 0.0521 e. The summed E-state index contributed by atoms with van der Waals surface area (Å²) in [5, 5.41) is 2.27. The minimum atomic E-state index is 0.573. The SMILES string of the molecule is SCC#Cc1cncc2ccccc12. The highest BCUT2D eigenvalue weighted by atomic mass is 32.1. The molecule has 0 spiro atoms. The molecule has 0 bridgehead atoms. The predicted octanol–water partition coefficient (Wildman–Crippen LogP) is 2.52. The van der Waals surface area contributed by atoms with Crippen LogP contribution in [0.15, 0.2) is 36.7 Å². The van der Waals surface area contributed by atoms with Crippen LogP contribution < -0.4 is 0 Å². The van der Waals surface area contributed by atoms with Gasteiger partial charge in [-0.1, -0.05) is 36.1 Å². The molecule has 2 heteroatoms. The summed E-state index contributed by atoms with van der Waals surface area (Å²) in [6.45, 7) is 0. The van der Waals surface area contributed by atoms with Crippen LogP contribution in [0.25, 0.3) is 10.8 Å². The van der Waals surface area contributed by atoms with Crippen LogP contribution in [-0.2, 0) is 0 Å². The molecule has 0 unspecified atom stereocenters. The number of hydrogen-bond acceptors (Lipinski definition) is 2. The number of hydrogen-bond donors (Lipinski definition) is 1. The summed E-state index contributed by atoms with van der Waals surface area (Å²) < 4.78 is 0. The third-order valence-electron chi connectivity index (χ3n) is 1.97. The molecule has 0 aliphatic heterocycles. The third-order valence-corrected chi connectivity index (χ3v) is 2.13. The lowest BCUT2D eigenvalue weighted by molar-refractivity contribution is 1.35. The van der Waals surface area contributed by atoms with Gasteiger partial charge in [-0.05, 0) is 0 Å². The Balaban J connectivity index is 2.65. The molecule has 0 fully saturated rings. The highest BCUT2D eigenvalue weighted by Crippen LogP contribution is 2.15. The van der Waals surface area contributed by atoms with Crippen molar-refractivity contribution in [3.05, 3.63) is 42.2 Å². The number of fused-ring (bicyclic) bond motifs is 1.